The molecule has 1 N–H and O–H groups in total. The van der Waals surface area contributed by atoms with E-state index in [1.54, 1.807) is 29.4 Å². The highest BCUT2D eigenvalue weighted by Crippen LogP contribution is 2.22. The predicted molar refractivity (Wildman–Crippen MR) is 97.3 cm³/mol. The summed E-state index contributed by atoms with van der Waals surface area (Å²) in [5.41, 5.74) is 1.85. The van der Waals surface area contributed by atoms with Gasteiger partial charge in [0.15, 0.2) is 9.84 Å². The van der Waals surface area contributed by atoms with Gasteiger partial charge in [-0.3, -0.25) is 9.78 Å². The smallest absolute Gasteiger partial charge is 0.227 e. The van der Waals surface area contributed by atoms with Gasteiger partial charge in [-0.15, -0.1) is 0 Å². The quantitative estimate of drug-likeness (QED) is 0.846. The lowest BCUT2D eigenvalue weighted by atomic mass is 9.97. The number of hydrogen-bond donors (Lipinski definition) is 1. The van der Waals surface area contributed by atoms with Crippen molar-refractivity contribution in [3.63, 3.8) is 0 Å². The largest absolute Gasteiger partial charge is 0.391 e. The van der Waals surface area contributed by atoms with E-state index in [9.17, 15) is 18.3 Å². The first-order chi connectivity index (χ1) is 12.3. The van der Waals surface area contributed by atoms with Gasteiger partial charge in [-0.2, -0.15) is 0 Å². The number of carbonyl (C=O) groups is 1. The van der Waals surface area contributed by atoms with Crippen molar-refractivity contribution < 1.29 is 18.3 Å². The van der Waals surface area contributed by atoms with Crippen molar-refractivity contribution in [1.82, 2.24) is 9.88 Å². The minimum absolute atomic E-state index is 0.00830. The molecule has 0 bridgehead atoms. The Bertz CT molecular complexity index is 866. The minimum Gasteiger partial charge on any atom is -0.391 e. The van der Waals surface area contributed by atoms with Crippen molar-refractivity contribution in [1.29, 1.82) is 0 Å². The third kappa shape index (κ3) is 4.47. The lowest BCUT2D eigenvalue weighted by Gasteiger charge is -2.16. The summed E-state index contributed by atoms with van der Waals surface area (Å²) in [6, 6.07) is 10.2. The molecule has 0 saturated carbocycles. The number of likely N-dealkylation sites (tertiary alicyclic amines) is 1. The van der Waals surface area contributed by atoms with E-state index in [4.69, 9.17) is 0 Å². The molecule has 1 aliphatic rings. The second kappa shape index (κ2) is 7.55. The van der Waals surface area contributed by atoms with Gasteiger partial charge in [-0.05, 0) is 41.8 Å². The zero-order chi connectivity index (χ0) is 18.7. The molecule has 7 heteroatoms. The van der Waals surface area contributed by atoms with E-state index in [0.717, 1.165) is 17.4 Å². The number of pyridine rings is 1. The highest BCUT2D eigenvalue weighted by molar-refractivity contribution is 7.90. The fourth-order valence-electron chi connectivity index (χ4n) is 3.22. The number of aliphatic hydroxyl groups is 1. The van der Waals surface area contributed by atoms with Gasteiger partial charge in [0.05, 0.1) is 17.4 Å². The molecule has 0 radical (unpaired) electrons. The van der Waals surface area contributed by atoms with Gasteiger partial charge in [-0.25, -0.2) is 8.42 Å². The molecule has 3 rings (SSSR count). The third-order valence-corrected chi connectivity index (χ3v) is 5.84. The standard InChI is InChI=1S/C19H22N2O4S/c1-26(24,25)17-4-2-14(3-5-17)11-19(23)21-12-16(18(22)13-21)10-15-6-8-20-9-7-15/h2-9,16,18,22H,10-13H2,1H3/t16-,18+/m1/s1. The Morgan fingerprint density at radius 1 is 1.12 bits per heavy atom. The number of aliphatic hydroxyl groups excluding tert-OH is 1. The average Bonchev–Trinajstić information content (AvgIpc) is 2.96. The number of benzene rings is 1. The van der Waals surface area contributed by atoms with E-state index < -0.39 is 15.9 Å². The number of rotatable bonds is 5. The molecule has 0 aliphatic carbocycles. The maximum absolute atomic E-state index is 12.5. The highest BCUT2D eigenvalue weighted by Gasteiger charge is 2.33. The summed E-state index contributed by atoms with van der Waals surface area (Å²) in [6.45, 7) is 0.847. The number of β-amino-alcohol motifs (C(OH)–C–C–N with tert-alkyl or cyclic N) is 1. The van der Waals surface area contributed by atoms with Crippen molar-refractivity contribution in [2.45, 2.75) is 23.8 Å². The second-order valence-corrected chi connectivity index (χ2v) is 8.79. The van der Waals surface area contributed by atoms with Crippen molar-refractivity contribution in [2.24, 2.45) is 5.92 Å². The number of hydrogen-bond acceptors (Lipinski definition) is 5. The maximum Gasteiger partial charge on any atom is 0.227 e. The zero-order valence-electron chi connectivity index (χ0n) is 14.6. The number of sulfone groups is 1. The Kier molecular flexibility index (Phi) is 5.38. The molecule has 2 aromatic rings. The Labute approximate surface area is 153 Å². The van der Waals surface area contributed by atoms with Crippen LogP contribution in [-0.4, -0.2) is 54.8 Å². The first-order valence-electron chi connectivity index (χ1n) is 8.46. The van der Waals surface area contributed by atoms with Gasteiger partial charge in [0.2, 0.25) is 5.91 Å². The van der Waals surface area contributed by atoms with E-state index in [0.29, 0.717) is 19.5 Å². The van der Waals surface area contributed by atoms with Crippen LogP contribution in [-0.2, 0) is 27.5 Å². The van der Waals surface area contributed by atoms with Crippen LogP contribution in [0.2, 0.25) is 0 Å². The van der Waals surface area contributed by atoms with Gasteiger partial charge in [0.25, 0.3) is 0 Å². The predicted octanol–water partition coefficient (Wildman–Crippen LogP) is 1.09. The van der Waals surface area contributed by atoms with Crippen molar-refractivity contribution in [2.75, 3.05) is 19.3 Å². The van der Waals surface area contributed by atoms with Gasteiger partial charge in [0, 0.05) is 37.7 Å². The summed E-state index contributed by atoms with van der Waals surface area (Å²) in [5, 5.41) is 10.3. The van der Waals surface area contributed by atoms with Gasteiger partial charge in [-0.1, -0.05) is 12.1 Å². The van der Waals surface area contributed by atoms with E-state index in [1.165, 1.54) is 12.1 Å². The normalized spacial score (nSPS) is 20.3. The van der Waals surface area contributed by atoms with Crippen molar-refractivity contribution in [3.05, 3.63) is 59.9 Å². The van der Waals surface area contributed by atoms with Crippen LogP contribution in [0.3, 0.4) is 0 Å². The molecular weight excluding hydrogens is 352 g/mol. The summed E-state index contributed by atoms with van der Waals surface area (Å²) in [7, 11) is -3.24. The molecule has 1 fully saturated rings. The van der Waals surface area contributed by atoms with Gasteiger partial charge in [0.1, 0.15) is 0 Å². The molecule has 1 saturated heterocycles. The molecule has 138 valence electrons. The Balaban J connectivity index is 1.60. The Morgan fingerprint density at radius 3 is 2.38 bits per heavy atom. The zero-order valence-corrected chi connectivity index (χ0v) is 15.4. The van der Waals surface area contributed by atoms with Crippen molar-refractivity contribution >= 4 is 15.7 Å². The number of nitrogens with zero attached hydrogens (tertiary/aromatic N) is 2. The SMILES string of the molecule is CS(=O)(=O)c1ccc(CC(=O)N2C[C@@H](Cc3ccncc3)[C@@H](O)C2)cc1. The maximum atomic E-state index is 12.5. The van der Waals surface area contributed by atoms with Crippen LogP contribution in [0.5, 0.6) is 0 Å². The Morgan fingerprint density at radius 2 is 1.77 bits per heavy atom. The lowest BCUT2D eigenvalue weighted by molar-refractivity contribution is -0.129. The average molecular weight is 374 g/mol. The van der Waals surface area contributed by atoms with Gasteiger partial charge < -0.3 is 10.0 Å². The molecule has 0 spiro atoms. The monoisotopic (exact) mass is 374 g/mol. The summed E-state index contributed by atoms with van der Waals surface area (Å²) >= 11 is 0. The van der Waals surface area contributed by atoms with E-state index >= 15 is 0 Å². The Hall–Kier alpha value is -2.25. The molecule has 26 heavy (non-hydrogen) atoms. The van der Waals surface area contributed by atoms with E-state index in [-0.39, 0.29) is 23.1 Å². The summed E-state index contributed by atoms with van der Waals surface area (Å²) in [5.74, 6) is -0.0534. The third-order valence-electron chi connectivity index (χ3n) is 4.71. The first-order valence-corrected chi connectivity index (χ1v) is 10.4. The lowest BCUT2D eigenvalue weighted by Crippen LogP contribution is -2.31. The molecule has 2 atom stereocenters. The molecule has 0 unspecified atom stereocenters. The molecular formula is C19H22N2O4S. The fraction of sp³-hybridized carbons (Fsp3) is 0.368. The van der Waals surface area contributed by atoms with Gasteiger partial charge >= 0.3 is 0 Å². The van der Waals surface area contributed by atoms with Crippen LogP contribution in [0.25, 0.3) is 0 Å². The summed E-state index contributed by atoms with van der Waals surface area (Å²) < 4.78 is 23.0. The topological polar surface area (TPSA) is 87.6 Å². The molecule has 1 aromatic heterocycles. The van der Waals surface area contributed by atoms with Crippen LogP contribution in [0.4, 0.5) is 0 Å². The molecule has 1 aromatic carbocycles. The minimum atomic E-state index is -3.24. The first kappa shape index (κ1) is 18.5. The number of aromatic nitrogens is 1. The summed E-state index contributed by atoms with van der Waals surface area (Å²) in [6.07, 6.45) is 4.95. The molecule has 1 amide bonds. The second-order valence-electron chi connectivity index (χ2n) is 6.78. The van der Waals surface area contributed by atoms with Crippen LogP contribution in [0.1, 0.15) is 11.1 Å². The van der Waals surface area contributed by atoms with Crippen molar-refractivity contribution in [3.8, 4) is 0 Å². The van der Waals surface area contributed by atoms with Crippen LogP contribution in [0.15, 0.2) is 53.7 Å². The molecule has 2 heterocycles. The highest BCUT2D eigenvalue weighted by atomic mass is 32.2. The van der Waals surface area contributed by atoms with Crippen LogP contribution >= 0.6 is 0 Å². The van der Waals surface area contributed by atoms with Crippen LogP contribution in [0, 0.1) is 5.92 Å². The molecule has 1 aliphatic heterocycles. The number of carbonyl (C=O) groups excluding carboxylic acids is 1. The van der Waals surface area contributed by atoms with E-state index in [1.807, 2.05) is 12.1 Å². The molecule has 6 nitrogen and oxygen atoms in total. The van der Waals surface area contributed by atoms with Crippen LogP contribution < -0.4 is 0 Å². The summed E-state index contributed by atoms with van der Waals surface area (Å²) in [4.78, 5) is 18.4. The fourth-order valence-corrected chi connectivity index (χ4v) is 3.85. The van der Waals surface area contributed by atoms with E-state index in [2.05, 4.69) is 4.98 Å². The number of amides is 1.